The summed E-state index contributed by atoms with van der Waals surface area (Å²) in [6.07, 6.45) is 6.10. The van der Waals surface area contributed by atoms with Crippen LogP contribution >= 0.6 is 0 Å². The molecule has 1 heterocycles. The molecule has 4 nitrogen and oxygen atoms in total. The topological polar surface area (TPSA) is 46.9 Å². The summed E-state index contributed by atoms with van der Waals surface area (Å²) in [4.78, 5) is 16.9. The van der Waals surface area contributed by atoms with Crippen LogP contribution in [0.15, 0.2) is 54.9 Å². The first kappa shape index (κ1) is 14.9. The van der Waals surface area contributed by atoms with E-state index in [1.807, 2.05) is 48.8 Å². The van der Waals surface area contributed by atoms with Crippen LogP contribution in [0.25, 0.3) is 16.7 Å². The molecule has 2 aromatic carbocycles. The van der Waals surface area contributed by atoms with Crippen molar-refractivity contribution >= 4 is 22.6 Å². The van der Waals surface area contributed by atoms with Crippen molar-refractivity contribution in [3.05, 3.63) is 54.9 Å². The van der Waals surface area contributed by atoms with E-state index >= 15 is 0 Å². The lowest BCUT2D eigenvalue weighted by Crippen LogP contribution is -2.30. The van der Waals surface area contributed by atoms with E-state index < -0.39 is 0 Å². The number of aromatic nitrogens is 2. The van der Waals surface area contributed by atoms with Crippen molar-refractivity contribution in [2.45, 2.75) is 32.6 Å². The molecule has 1 aromatic heterocycles. The lowest BCUT2D eigenvalue weighted by molar-refractivity contribution is -0.124. The smallest absolute Gasteiger partial charge is 0.230 e. The third kappa shape index (κ3) is 2.58. The van der Waals surface area contributed by atoms with Gasteiger partial charge in [-0.25, -0.2) is 4.98 Å². The van der Waals surface area contributed by atoms with Crippen LogP contribution in [0.3, 0.4) is 0 Å². The van der Waals surface area contributed by atoms with Gasteiger partial charge in [-0.15, -0.1) is 0 Å². The highest BCUT2D eigenvalue weighted by Gasteiger charge is 2.36. The Morgan fingerprint density at radius 2 is 1.79 bits per heavy atom. The van der Waals surface area contributed by atoms with Gasteiger partial charge in [-0.3, -0.25) is 9.36 Å². The number of carbonyl (C=O) groups excluding carboxylic acids is 1. The molecule has 3 aromatic rings. The zero-order valence-corrected chi connectivity index (χ0v) is 13.8. The van der Waals surface area contributed by atoms with Crippen LogP contribution in [-0.4, -0.2) is 15.5 Å². The Morgan fingerprint density at radius 3 is 2.54 bits per heavy atom. The molecule has 1 saturated carbocycles. The zero-order chi connectivity index (χ0) is 16.6. The Balaban J connectivity index is 1.56. The largest absolute Gasteiger partial charge is 0.326 e. The Morgan fingerprint density at radius 1 is 1.08 bits per heavy atom. The van der Waals surface area contributed by atoms with Crippen LogP contribution in [0.4, 0.5) is 5.69 Å². The lowest BCUT2D eigenvalue weighted by Gasteiger charge is -2.22. The van der Waals surface area contributed by atoms with Gasteiger partial charge in [0.15, 0.2) is 0 Å². The maximum Gasteiger partial charge on any atom is 0.230 e. The number of rotatable bonds is 3. The summed E-state index contributed by atoms with van der Waals surface area (Å²) in [5.41, 5.74) is 3.73. The molecule has 1 aliphatic rings. The van der Waals surface area contributed by atoms with E-state index in [1.54, 1.807) is 0 Å². The van der Waals surface area contributed by atoms with E-state index in [-0.39, 0.29) is 11.3 Å². The third-order valence-electron chi connectivity index (χ3n) is 5.11. The van der Waals surface area contributed by atoms with Gasteiger partial charge >= 0.3 is 0 Å². The van der Waals surface area contributed by atoms with Crippen molar-refractivity contribution in [2.75, 3.05) is 5.32 Å². The van der Waals surface area contributed by atoms with Crippen LogP contribution < -0.4 is 5.32 Å². The highest BCUT2D eigenvalue weighted by Crippen LogP contribution is 2.38. The van der Waals surface area contributed by atoms with Gasteiger partial charge in [0.1, 0.15) is 6.33 Å². The van der Waals surface area contributed by atoms with E-state index in [4.69, 9.17) is 0 Å². The van der Waals surface area contributed by atoms with Crippen molar-refractivity contribution in [3.8, 4) is 5.69 Å². The first-order valence-electron chi connectivity index (χ1n) is 8.50. The number of fused-ring (bicyclic) bond motifs is 1. The fraction of sp³-hybridized carbons (Fsp3) is 0.300. The maximum atomic E-state index is 12.5. The molecule has 122 valence electrons. The number of imidazole rings is 1. The minimum absolute atomic E-state index is 0.140. The first-order valence-corrected chi connectivity index (χ1v) is 8.50. The van der Waals surface area contributed by atoms with Crippen molar-refractivity contribution < 1.29 is 4.79 Å². The Labute approximate surface area is 141 Å². The second-order valence-electron chi connectivity index (χ2n) is 6.87. The summed E-state index contributed by atoms with van der Waals surface area (Å²) in [6, 6.07) is 16.0. The van der Waals surface area contributed by atoms with Gasteiger partial charge in [-0.2, -0.15) is 0 Å². The van der Waals surface area contributed by atoms with Crippen LogP contribution in [0.1, 0.15) is 32.6 Å². The van der Waals surface area contributed by atoms with Gasteiger partial charge in [0.2, 0.25) is 5.91 Å². The normalized spacial score (nSPS) is 16.4. The average Bonchev–Trinajstić information content (AvgIpc) is 3.23. The highest BCUT2D eigenvalue weighted by molar-refractivity contribution is 5.95. The predicted molar refractivity (Wildman–Crippen MR) is 96.3 cm³/mol. The summed E-state index contributed by atoms with van der Waals surface area (Å²) in [6.45, 7) is 2.07. The van der Waals surface area contributed by atoms with Crippen molar-refractivity contribution in [1.29, 1.82) is 0 Å². The fourth-order valence-corrected chi connectivity index (χ4v) is 3.53. The van der Waals surface area contributed by atoms with Gasteiger partial charge in [0.25, 0.3) is 0 Å². The fourth-order valence-electron chi connectivity index (χ4n) is 3.53. The number of nitrogens with one attached hydrogen (secondary N) is 1. The first-order chi connectivity index (χ1) is 11.7. The SMILES string of the molecule is CC1(C(=O)Nc2ccc(-n3cnc4ccccc43)cc2)CCCC1. The summed E-state index contributed by atoms with van der Waals surface area (Å²) in [5.74, 6) is 0.140. The van der Waals surface area contributed by atoms with Gasteiger partial charge in [0, 0.05) is 16.8 Å². The minimum atomic E-state index is -0.209. The zero-order valence-electron chi connectivity index (χ0n) is 13.8. The second-order valence-corrected chi connectivity index (χ2v) is 6.87. The van der Waals surface area contributed by atoms with Gasteiger partial charge in [-0.1, -0.05) is 31.9 Å². The molecule has 1 N–H and O–H groups in total. The van der Waals surface area contributed by atoms with E-state index in [0.29, 0.717) is 0 Å². The van der Waals surface area contributed by atoms with E-state index in [2.05, 4.69) is 27.9 Å². The average molecular weight is 319 g/mol. The highest BCUT2D eigenvalue weighted by atomic mass is 16.2. The molecule has 1 amide bonds. The summed E-state index contributed by atoms with van der Waals surface area (Å²) in [5, 5.41) is 3.07. The maximum absolute atomic E-state index is 12.5. The lowest BCUT2D eigenvalue weighted by atomic mass is 9.88. The van der Waals surface area contributed by atoms with Crippen molar-refractivity contribution in [2.24, 2.45) is 5.41 Å². The molecule has 0 bridgehead atoms. The number of carbonyl (C=O) groups is 1. The number of hydrogen-bond acceptors (Lipinski definition) is 2. The Kier molecular flexibility index (Phi) is 3.60. The van der Waals surface area contributed by atoms with E-state index in [1.165, 1.54) is 0 Å². The molecule has 24 heavy (non-hydrogen) atoms. The molecule has 0 aliphatic heterocycles. The van der Waals surface area contributed by atoms with Crippen LogP contribution in [0.5, 0.6) is 0 Å². The van der Waals surface area contributed by atoms with Crippen LogP contribution in [0, 0.1) is 5.41 Å². The number of benzene rings is 2. The standard InChI is InChI=1S/C20H21N3O/c1-20(12-4-5-13-20)19(24)22-15-8-10-16(11-9-15)23-14-21-17-6-2-3-7-18(17)23/h2-3,6-11,14H,4-5,12-13H2,1H3,(H,22,24). The van der Waals surface area contributed by atoms with Gasteiger partial charge < -0.3 is 5.32 Å². The molecule has 4 rings (SSSR count). The molecule has 4 heteroatoms. The molecule has 0 atom stereocenters. The summed E-state index contributed by atoms with van der Waals surface area (Å²) < 4.78 is 2.05. The number of nitrogens with zero attached hydrogens (tertiary/aromatic N) is 2. The Hall–Kier alpha value is -2.62. The number of hydrogen-bond donors (Lipinski definition) is 1. The van der Waals surface area contributed by atoms with Gasteiger partial charge in [0.05, 0.1) is 11.0 Å². The quantitative estimate of drug-likeness (QED) is 0.770. The molecule has 0 radical (unpaired) electrons. The number of para-hydroxylation sites is 2. The minimum Gasteiger partial charge on any atom is -0.326 e. The molecule has 1 aliphatic carbocycles. The molecule has 0 unspecified atom stereocenters. The van der Waals surface area contributed by atoms with E-state index in [0.717, 1.165) is 48.1 Å². The molecule has 1 fully saturated rings. The van der Waals surface area contributed by atoms with Crippen molar-refractivity contribution in [1.82, 2.24) is 9.55 Å². The molecule has 0 saturated heterocycles. The molecular weight excluding hydrogens is 298 g/mol. The molecular formula is C20H21N3O. The molecule has 0 spiro atoms. The van der Waals surface area contributed by atoms with Gasteiger partial charge in [-0.05, 0) is 49.2 Å². The van der Waals surface area contributed by atoms with E-state index in [9.17, 15) is 4.79 Å². The summed E-state index contributed by atoms with van der Waals surface area (Å²) in [7, 11) is 0. The predicted octanol–water partition coefficient (Wildman–Crippen LogP) is 4.54. The van der Waals surface area contributed by atoms with Crippen LogP contribution in [0.2, 0.25) is 0 Å². The van der Waals surface area contributed by atoms with Crippen molar-refractivity contribution in [3.63, 3.8) is 0 Å². The second kappa shape index (κ2) is 5.78. The third-order valence-corrected chi connectivity index (χ3v) is 5.11. The number of amides is 1. The summed E-state index contributed by atoms with van der Waals surface area (Å²) >= 11 is 0. The van der Waals surface area contributed by atoms with Crippen LogP contribution in [-0.2, 0) is 4.79 Å². The number of anilines is 1. The monoisotopic (exact) mass is 319 g/mol. The Bertz CT molecular complexity index is 873.